The van der Waals surface area contributed by atoms with Crippen molar-refractivity contribution >= 4 is 34.6 Å². The van der Waals surface area contributed by atoms with Crippen molar-refractivity contribution in [3.05, 3.63) is 71.5 Å². The first-order valence-corrected chi connectivity index (χ1v) is 21.0. The van der Waals surface area contributed by atoms with Crippen molar-refractivity contribution in [2.45, 2.75) is 105 Å². The molecule has 13 nitrogen and oxygen atoms in total. The second-order valence-electron chi connectivity index (χ2n) is 17.2. The number of likely N-dealkylation sites (N-methyl/N-ethyl adjacent to an activating group) is 1. The van der Waals surface area contributed by atoms with Gasteiger partial charge in [-0.1, -0.05) is 46.8 Å². The fourth-order valence-electron chi connectivity index (χ4n) is 8.70. The normalized spacial score (nSPS) is 19.0. The molecule has 2 aromatic heterocycles. The van der Waals surface area contributed by atoms with Crippen LogP contribution in [0.1, 0.15) is 77.5 Å². The Hall–Kier alpha value is -5.27. The molecule has 2 aliphatic heterocycles. The first kappa shape index (κ1) is 43.3. The molecule has 4 N–H and O–H groups in total. The predicted molar refractivity (Wildman–Crippen MR) is 229 cm³/mol. The summed E-state index contributed by atoms with van der Waals surface area (Å²) in [5.41, 5.74) is 10.4. The number of esters is 1. The summed E-state index contributed by atoms with van der Waals surface area (Å²) in [6.45, 7) is 13.8. The first-order valence-electron chi connectivity index (χ1n) is 21.0. The molecule has 6 rings (SSSR count). The van der Waals surface area contributed by atoms with Crippen molar-refractivity contribution in [1.82, 2.24) is 35.5 Å². The van der Waals surface area contributed by atoms with Gasteiger partial charge in [0.2, 0.25) is 11.8 Å². The van der Waals surface area contributed by atoms with Crippen LogP contribution in [-0.4, -0.2) is 100 Å². The minimum absolute atomic E-state index is 0.0227. The molecule has 316 valence electrons. The number of carbonyl (C=O) groups is 4. The molecule has 3 amide bonds. The molecule has 0 saturated carbocycles. The number of hydrogen-bond acceptors (Lipinski definition) is 9. The summed E-state index contributed by atoms with van der Waals surface area (Å²) >= 11 is 0. The Morgan fingerprint density at radius 3 is 2.59 bits per heavy atom. The SMILES string of the molecule is CCc1ccncc1-c1c2c3cc(ccc3n1CC)-c1cc(O)cc(c1)C[C@H](NC(=O)[C@H](C(C)C)N(C)C(=O)CCNC)C(=O)N1CCC[C@H](N1)C(=O)OCC(C)(C)C2. The number of nitrogens with zero attached hydrogens (tertiary/aromatic N) is 4. The molecule has 1 saturated heterocycles. The van der Waals surface area contributed by atoms with E-state index in [2.05, 4.69) is 71.5 Å². The van der Waals surface area contributed by atoms with Gasteiger partial charge in [0.1, 0.15) is 23.9 Å². The number of hydrazine groups is 1. The highest BCUT2D eigenvalue weighted by Gasteiger charge is 2.37. The summed E-state index contributed by atoms with van der Waals surface area (Å²) in [6, 6.07) is 11.0. The average molecular weight is 808 g/mol. The molecule has 4 aromatic rings. The third kappa shape index (κ3) is 9.47. The van der Waals surface area contributed by atoms with E-state index >= 15 is 0 Å². The van der Waals surface area contributed by atoms with Crippen LogP contribution >= 0.6 is 0 Å². The Kier molecular flexibility index (Phi) is 13.5. The monoisotopic (exact) mass is 807 g/mol. The number of pyridine rings is 1. The van der Waals surface area contributed by atoms with Crippen molar-refractivity contribution in [3.63, 3.8) is 0 Å². The maximum atomic E-state index is 14.5. The number of benzene rings is 2. The topological polar surface area (TPSA) is 158 Å². The number of nitrogens with one attached hydrogen (secondary N) is 3. The molecule has 4 heterocycles. The highest BCUT2D eigenvalue weighted by Crippen LogP contribution is 2.41. The number of ether oxygens (including phenoxy) is 1. The summed E-state index contributed by atoms with van der Waals surface area (Å²) in [4.78, 5) is 61.6. The fraction of sp³-hybridized carbons (Fsp3) is 0.500. The number of aryl methyl sites for hydroxylation is 2. The van der Waals surface area contributed by atoms with Crippen LogP contribution in [0.25, 0.3) is 33.3 Å². The number of aromatic nitrogens is 2. The van der Waals surface area contributed by atoms with Crippen LogP contribution in [0.4, 0.5) is 0 Å². The number of carbonyl (C=O) groups excluding carboxylic acids is 4. The van der Waals surface area contributed by atoms with Crippen molar-refractivity contribution < 1.29 is 29.0 Å². The van der Waals surface area contributed by atoms with Crippen LogP contribution in [0.3, 0.4) is 0 Å². The van der Waals surface area contributed by atoms with Gasteiger partial charge in [-0.15, -0.1) is 0 Å². The van der Waals surface area contributed by atoms with Crippen LogP contribution in [0.2, 0.25) is 0 Å². The molecule has 0 aliphatic carbocycles. The van der Waals surface area contributed by atoms with E-state index in [1.807, 2.05) is 38.4 Å². The molecule has 0 spiro atoms. The third-order valence-electron chi connectivity index (χ3n) is 11.7. The first-order chi connectivity index (χ1) is 28.2. The molecule has 2 aliphatic rings. The van der Waals surface area contributed by atoms with Gasteiger partial charge < -0.3 is 29.9 Å². The van der Waals surface area contributed by atoms with E-state index in [0.717, 1.165) is 51.8 Å². The molecule has 1 fully saturated rings. The maximum absolute atomic E-state index is 14.5. The van der Waals surface area contributed by atoms with Gasteiger partial charge in [0.25, 0.3) is 5.91 Å². The molecule has 13 heteroatoms. The molecule has 6 bridgehead atoms. The van der Waals surface area contributed by atoms with Crippen LogP contribution in [-0.2, 0) is 49.7 Å². The lowest BCUT2D eigenvalue weighted by atomic mass is 9.84. The van der Waals surface area contributed by atoms with Gasteiger partial charge >= 0.3 is 5.97 Å². The fourth-order valence-corrected chi connectivity index (χ4v) is 8.70. The van der Waals surface area contributed by atoms with Crippen molar-refractivity contribution in [3.8, 4) is 28.1 Å². The van der Waals surface area contributed by atoms with E-state index in [-0.39, 0.29) is 37.0 Å². The lowest BCUT2D eigenvalue weighted by Gasteiger charge is -2.36. The van der Waals surface area contributed by atoms with Crippen molar-refractivity contribution in [2.24, 2.45) is 11.3 Å². The molecule has 0 unspecified atom stereocenters. The van der Waals surface area contributed by atoms with Crippen molar-refractivity contribution in [1.29, 1.82) is 0 Å². The van der Waals surface area contributed by atoms with Gasteiger partial charge in [-0.05, 0) is 104 Å². The molecule has 0 radical (unpaired) electrons. The smallest absolute Gasteiger partial charge is 0.324 e. The second kappa shape index (κ2) is 18.3. The lowest BCUT2D eigenvalue weighted by molar-refractivity contribution is -0.155. The second-order valence-corrected chi connectivity index (χ2v) is 17.2. The zero-order valence-corrected chi connectivity index (χ0v) is 35.9. The van der Waals surface area contributed by atoms with Gasteiger partial charge in [-0.3, -0.25) is 29.2 Å². The van der Waals surface area contributed by atoms with Gasteiger partial charge in [0.05, 0.1) is 12.3 Å². The van der Waals surface area contributed by atoms with Crippen LogP contribution in [0.15, 0.2) is 54.9 Å². The zero-order chi connectivity index (χ0) is 42.6. The highest BCUT2D eigenvalue weighted by atomic mass is 16.5. The lowest BCUT2D eigenvalue weighted by Crippen LogP contribution is -2.62. The van der Waals surface area contributed by atoms with E-state index in [1.165, 1.54) is 15.5 Å². The minimum Gasteiger partial charge on any atom is -0.508 e. The van der Waals surface area contributed by atoms with E-state index in [9.17, 15) is 24.3 Å². The quantitative estimate of drug-likeness (QED) is 0.154. The molecular weight excluding hydrogens is 747 g/mol. The van der Waals surface area contributed by atoms with E-state index in [0.29, 0.717) is 37.9 Å². The van der Waals surface area contributed by atoms with Crippen LogP contribution in [0, 0.1) is 11.3 Å². The van der Waals surface area contributed by atoms with Gasteiger partial charge in [0.15, 0.2) is 0 Å². The highest BCUT2D eigenvalue weighted by molar-refractivity contribution is 5.96. The number of hydrogen-bond donors (Lipinski definition) is 4. The number of phenolic OH excluding ortho intramolecular Hbond substituents is 1. The summed E-state index contributed by atoms with van der Waals surface area (Å²) in [5, 5.41) is 19.6. The summed E-state index contributed by atoms with van der Waals surface area (Å²) < 4.78 is 8.40. The van der Waals surface area contributed by atoms with Gasteiger partial charge in [-0.25, -0.2) is 5.43 Å². The summed E-state index contributed by atoms with van der Waals surface area (Å²) in [7, 11) is 3.37. The molecule has 59 heavy (non-hydrogen) atoms. The van der Waals surface area contributed by atoms with Crippen LogP contribution in [0.5, 0.6) is 5.75 Å². The van der Waals surface area contributed by atoms with Gasteiger partial charge in [-0.2, -0.15) is 0 Å². The predicted octanol–water partition coefficient (Wildman–Crippen LogP) is 5.40. The zero-order valence-electron chi connectivity index (χ0n) is 35.9. The number of phenols is 1. The molecular formula is C46H61N7O6. The van der Waals surface area contributed by atoms with Crippen LogP contribution < -0.4 is 16.1 Å². The van der Waals surface area contributed by atoms with E-state index in [4.69, 9.17) is 4.74 Å². The third-order valence-corrected chi connectivity index (χ3v) is 11.7. The summed E-state index contributed by atoms with van der Waals surface area (Å²) in [5.74, 6) is -1.78. The minimum atomic E-state index is -1.10. The number of fused-ring (bicyclic) bond motifs is 6. The molecule has 2 aromatic carbocycles. The van der Waals surface area contributed by atoms with E-state index < -0.39 is 41.3 Å². The Balaban J connectivity index is 1.49. The number of rotatable bonds is 10. The summed E-state index contributed by atoms with van der Waals surface area (Å²) in [6.07, 6.45) is 6.48. The number of aromatic hydroxyl groups is 1. The number of amides is 3. The largest absolute Gasteiger partial charge is 0.508 e. The Labute approximate surface area is 347 Å². The van der Waals surface area contributed by atoms with Crippen molar-refractivity contribution in [2.75, 3.05) is 33.8 Å². The Morgan fingerprint density at radius 1 is 1.10 bits per heavy atom. The average Bonchev–Trinajstić information content (AvgIpc) is 3.51. The van der Waals surface area contributed by atoms with Gasteiger partial charge in [0, 0.05) is 73.8 Å². The number of cyclic esters (lactones) is 1. The molecule has 3 atom stereocenters. The standard InChI is InChI=1S/C46H61N7O6/c1-9-30-15-18-48-26-36(30)42-35-25-46(5,6)27-59-45(58)37-12-11-19-53(50-37)44(57)38(49-43(56)41(28(3)4)51(8)40(55)16-17-47-7)22-29-20-32(23-33(54)21-29)31-13-14-39(34(35)24-31)52(42)10-2/h13-15,18,20-21,23-24,26,28,37-38,41,47,50,54H,9-12,16-17,19,22,25,27H2,1-8H3,(H,49,56)/t37-,38-,41-/m0/s1. The maximum Gasteiger partial charge on any atom is 0.324 e. The van der Waals surface area contributed by atoms with E-state index in [1.54, 1.807) is 26.2 Å². The Bertz CT molecular complexity index is 2200. The Morgan fingerprint density at radius 2 is 1.88 bits per heavy atom.